The van der Waals surface area contributed by atoms with Crippen LogP contribution in [0.3, 0.4) is 0 Å². The minimum absolute atomic E-state index is 0.102. The predicted octanol–water partition coefficient (Wildman–Crippen LogP) is 6.06. The number of aryl methyl sites for hydroxylation is 1. The van der Waals surface area contributed by atoms with Crippen molar-refractivity contribution in [3.8, 4) is 0 Å². The molecule has 2 heterocycles. The highest BCUT2D eigenvalue weighted by molar-refractivity contribution is 8.14. The molecule has 3 aromatic rings. The molecule has 1 aliphatic heterocycles. The van der Waals surface area contributed by atoms with Crippen LogP contribution in [0.2, 0.25) is 10.0 Å². The number of para-hydroxylation sites is 1. The van der Waals surface area contributed by atoms with E-state index in [0.29, 0.717) is 32.5 Å². The average molecular weight is 477 g/mol. The largest absolute Gasteiger partial charge is 0.338 e. The molecule has 2 aromatic carbocycles. The van der Waals surface area contributed by atoms with Crippen molar-refractivity contribution < 1.29 is 13.7 Å². The van der Waals surface area contributed by atoms with Crippen molar-refractivity contribution in [2.45, 2.75) is 19.1 Å². The number of aromatic nitrogens is 2. The Bertz CT molecular complexity index is 1230. The Kier molecular flexibility index (Phi) is 6.13. The Morgan fingerprint density at radius 2 is 1.97 bits per heavy atom. The number of thioether (sulfide) groups is 1. The molecule has 0 spiro atoms. The van der Waals surface area contributed by atoms with Gasteiger partial charge in [-0.3, -0.25) is 9.69 Å². The second-order valence-electron chi connectivity index (χ2n) is 6.63. The summed E-state index contributed by atoms with van der Waals surface area (Å²) in [5.74, 6) is -0.125. The fraction of sp³-hybridized carbons (Fsp3) is 0.143. The molecule has 6 nitrogen and oxygen atoms in total. The summed E-state index contributed by atoms with van der Waals surface area (Å²) in [5.41, 5.74) is 0.880. The third-order valence-corrected chi connectivity index (χ3v) is 6.12. The molecule has 0 aliphatic carbocycles. The van der Waals surface area contributed by atoms with E-state index in [9.17, 15) is 9.18 Å². The van der Waals surface area contributed by atoms with Crippen LogP contribution in [0.25, 0.3) is 6.08 Å². The summed E-state index contributed by atoms with van der Waals surface area (Å²) < 4.78 is 19.8. The fourth-order valence-corrected chi connectivity index (χ4v) is 4.12. The molecule has 0 saturated heterocycles. The topological polar surface area (TPSA) is 71.6 Å². The van der Waals surface area contributed by atoms with E-state index in [1.807, 2.05) is 6.92 Å². The molecule has 0 bridgehead atoms. The molecular weight excluding hydrogens is 462 g/mol. The highest BCUT2D eigenvalue weighted by Gasteiger charge is 2.35. The van der Waals surface area contributed by atoms with Gasteiger partial charge >= 0.3 is 0 Å². The van der Waals surface area contributed by atoms with Crippen molar-refractivity contribution in [3.63, 3.8) is 0 Å². The van der Waals surface area contributed by atoms with Gasteiger partial charge in [0.05, 0.1) is 21.0 Å². The summed E-state index contributed by atoms with van der Waals surface area (Å²) in [6.45, 7) is 3.55. The lowest BCUT2D eigenvalue weighted by Gasteiger charge is -2.19. The summed E-state index contributed by atoms with van der Waals surface area (Å²) >= 11 is 13.3. The second kappa shape index (κ2) is 8.82. The standard InChI is InChI=1S/C21H15Cl2FN4O2S/c1-11(19-25-12(2)27-30-19)31-21-26-17(10-13-7-8-14(22)15(23)9-13)20(29)28(21)18-6-4-3-5-16(18)24/h3-11H,1-2H3/b17-10-. The molecule has 1 aliphatic rings. The van der Waals surface area contributed by atoms with Crippen molar-refractivity contribution in [3.05, 3.63) is 81.3 Å². The summed E-state index contributed by atoms with van der Waals surface area (Å²) in [4.78, 5) is 23.1. The first-order valence-corrected chi connectivity index (χ1v) is 10.8. The normalized spacial score (nSPS) is 16.2. The number of rotatable bonds is 4. The summed E-state index contributed by atoms with van der Waals surface area (Å²) in [5, 5.41) is 4.53. The van der Waals surface area contributed by atoms with Crippen LogP contribution < -0.4 is 4.90 Å². The molecule has 1 unspecified atom stereocenters. The monoisotopic (exact) mass is 476 g/mol. The minimum atomic E-state index is -0.541. The quantitative estimate of drug-likeness (QED) is 0.427. The molecule has 0 fully saturated rings. The fourth-order valence-electron chi connectivity index (χ4n) is 2.87. The van der Waals surface area contributed by atoms with Crippen LogP contribution in [-0.4, -0.2) is 21.2 Å². The van der Waals surface area contributed by atoms with E-state index in [1.54, 1.807) is 43.3 Å². The zero-order valence-electron chi connectivity index (χ0n) is 16.3. The number of benzene rings is 2. The van der Waals surface area contributed by atoms with Gasteiger partial charge in [-0.25, -0.2) is 9.38 Å². The van der Waals surface area contributed by atoms with Gasteiger partial charge in [0.2, 0.25) is 5.89 Å². The maximum atomic E-state index is 14.6. The number of anilines is 1. The van der Waals surface area contributed by atoms with Crippen LogP contribution in [0.1, 0.15) is 29.5 Å². The summed E-state index contributed by atoms with van der Waals surface area (Å²) in [6.07, 6.45) is 1.58. The van der Waals surface area contributed by atoms with Crippen molar-refractivity contribution in [2.24, 2.45) is 4.99 Å². The zero-order valence-corrected chi connectivity index (χ0v) is 18.7. The molecule has 1 aromatic heterocycles. The van der Waals surface area contributed by atoms with E-state index in [2.05, 4.69) is 15.1 Å². The number of carbonyl (C=O) groups excluding carboxylic acids is 1. The Balaban J connectivity index is 1.73. The van der Waals surface area contributed by atoms with Gasteiger partial charge in [-0.2, -0.15) is 4.98 Å². The first-order chi connectivity index (χ1) is 14.8. The van der Waals surface area contributed by atoms with Crippen LogP contribution in [0.4, 0.5) is 10.1 Å². The van der Waals surface area contributed by atoms with Crippen molar-refractivity contribution in [1.82, 2.24) is 10.1 Å². The molecule has 1 amide bonds. The number of hydrogen-bond acceptors (Lipinski definition) is 6. The van der Waals surface area contributed by atoms with Gasteiger partial charge in [-0.1, -0.05) is 58.3 Å². The number of nitrogens with zero attached hydrogens (tertiary/aromatic N) is 4. The van der Waals surface area contributed by atoms with Gasteiger partial charge in [-0.05, 0) is 49.8 Å². The summed E-state index contributed by atoms with van der Waals surface area (Å²) in [6, 6.07) is 11.0. The minimum Gasteiger partial charge on any atom is -0.338 e. The summed E-state index contributed by atoms with van der Waals surface area (Å²) in [7, 11) is 0. The Morgan fingerprint density at radius 3 is 2.65 bits per heavy atom. The van der Waals surface area contributed by atoms with Crippen LogP contribution in [0.15, 0.2) is 57.7 Å². The van der Waals surface area contributed by atoms with E-state index >= 15 is 0 Å². The number of halogens is 3. The molecule has 158 valence electrons. The van der Waals surface area contributed by atoms with Crippen LogP contribution in [0, 0.1) is 12.7 Å². The van der Waals surface area contributed by atoms with Crippen molar-refractivity contribution >= 4 is 57.8 Å². The van der Waals surface area contributed by atoms with E-state index in [-0.39, 0.29) is 16.6 Å². The van der Waals surface area contributed by atoms with Crippen LogP contribution in [-0.2, 0) is 4.79 Å². The van der Waals surface area contributed by atoms with Gasteiger partial charge in [0.25, 0.3) is 5.91 Å². The van der Waals surface area contributed by atoms with E-state index in [4.69, 9.17) is 27.7 Å². The lowest BCUT2D eigenvalue weighted by Crippen LogP contribution is -2.31. The number of aliphatic imine (C=N–C) groups is 1. The maximum absolute atomic E-state index is 14.6. The third kappa shape index (κ3) is 4.51. The first-order valence-electron chi connectivity index (χ1n) is 9.15. The Hall–Kier alpha value is -2.68. The second-order valence-corrected chi connectivity index (χ2v) is 8.75. The van der Waals surface area contributed by atoms with Gasteiger partial charge in [0, 0.05) is 0 Å². The van der Waals surface area contributed by atoms with Gasteiger partial charge in [0.15, 0.2) is 11.0 Å². The lowest BCUT2D eigenvalue weighted by molar-refractivity contribution is -0.113. The third-order valence-electron chi connectivity index (χ3n) is 4.34. The molecule has 4 rings (SSSR count). The van der Waals surface area contributed by atoms with Gasteiger partial charge in [0.1, 0.15) is 11.5 Å². The van der Waals surface area contributed by atoms with Gasteiger partial charge < -0.3 is 4.52 Å². The van der Waals surface area contributed by atoms with Crippen molar-refractivity contribution in [2.75, 3.05) is 4.90 Å². The Morgan fingerprint density at radius 1 is 1.19 bits per heavy atom. The zero-order chi connectivity index (χ0) is 22.1. The molecule has 0 radical (unpaired) electrons. The number of amidine groups is 1. The highest BCUT2D eigenvalue weighted by atomic mass is 35.5. The van der Waals surface area contributed by atoms with Crippen molar-refractivity contribution in [1.29, 1.82) is 0 Å². The number of amides is 1. The predicted molar refractivity (Wildman–Crippen MR) is 121 cm³/mol. The smallest absolute Gasteiger partial charge is 0.283 e. The molecule has 0 saturated carbocycles. The van der Waals surface area contributed by atoms with E-state index < -0.39 is 11.7 Å². The lowest BCUT2D eigenvalue weighted by atomic mass is 10.2. The molecule has 0 N–H and O–H groups in total. The van der Waals surface area contributed by atoms with Crippen LogP contribution in [0.5, 0.6) is 0 Å². The maximum Gasteiger partial charge on any atom is 0.283 e. The molecule has 10 heteroatoms. The average Bonchev–Trinajstić information content (AvgIpc) is 3.29. The van der Waals surface area contributed by atoms with Crippen LogP contribution >= 0.6 is 35.0 Å². The SMILES string of the molecule is Cc1noc(C(C)SC2=N/C(=C\c3ccc(Cl)c(Cl)c3)C(=O)N2c2ccccc2F)n1. The van der Waals surface area contributed by atoms with Gasteiger partial charge in [-0.15, -0.1) is 0 Å². The highest BCUT2D eigenvalue weighted by Crippen LogP contribution is 2.37. The molecule has 31 heavy (non-hydrogen) atoms. The number of hydrogen-bond donors (Lipinski definition) is 0. The number of carbonyl (C=O) groups is 1. The van der Waals surface area contributed by atoms with E-state index in [1.165, 1.54) is 28.8 Å². The molecular formula is C21H15Cl2FN4O2S. The molecule has 1 atom stereocenters. The first kappa shape index (κ1) is 21.5. The Labute approximate surface area is 191 Å². The van der Waals surface area contributed by atoms with E-state index in [0.717, 1.165) is 0 Å².